The van der Waals surface area contributed by atoms with Gasteiger partial charge in [-0.15, -0.1) is 0 Å². The van der Waals surface area contributed by atoms with Gasteiger partial charge in [0.15, 0.2) is 0 Å². The predicted octanol–water partition coefficient (Wildman–Crippen LogP) is 4.96. The van der Waals surface area contributed by atoms with E-state index in [4.69, 9.17) is 4.98 Å². The first-order valence-electron chi connectivity index (χ1n) is 7.40. The molecule has 0 fully saturated rings. The van der Waals surface area contributed by atoms with Crippen LogP contribution in [0.2, 0.25) is 0 Å². The fourth-order valence-electron chi connectivity index (χ4n) is 2.13. The highest BCUT2D eigenvalue weighted by Crippen LogP contribution is 2.30. The lowest BCUT2D eigenvalue weighted by atomic mass is 9.85. The average molecular weight is 250 g/mol. The second-order valence-electron chi connectivity index (χ2n) is 6.71. The summed E-state index contributed by atoms with van der Waals surface area (Å²) in [6, 6.07) is 0. The molecule has 1 aromatic rings. The minimum Gasteiger partial charge on any atom is -0.348 e. The molecule has 1 heterocycles. The number of rotatable bonds is 7. The molecule has 0 aliphatic heterocycles. The highest BCUT2D eigenvalue weighted by Gasteiger charge is 2.27. The number of unbranched alkanes of at least 4 members (excludes halogenated alkanes) is 2. The van der Waals surface area contributed by atoms with E-state index in [0.29, 0.717) is 0 Å². The van der Waals surface area contributed by atoms with Crippen LogP contribution in [0.3, 0.4) is 0 Å². The SMILES string of the molecule is CCCCCC(C)(C)c1nc(C(C)(C)CC)c[nH]1. The molecule has 0 aliphatic rings. The molecule has 0 radical (unpaired) electrons. The van der Waals surface area contributed by atoms with E-state index in [-0.39, 0.29) is 10.8 Å². The van der Waals surface area contributed by atoms with E-state index in [1.54, 1.807) is 0 Å². The smallest absolute Gasteiger partial charge is 0.112 e. The van der Waals surface area contributed by atoms with Crippen molar-refractivity contribution in [2.75, 3.05) is 0 Å². The van der Waals surface area contributed by atoms with E-state index in [1.165, 1.54) is 31.4 Å². The predicted molar refractivity (Wildman–Crippen MR) is 79.1 cm³/mol. The molecule has 1 rings (SSSR count). The molecule has 0 aliphatic carbocycles. The first-order valence-corrected chi connectivity index (χ1v) is 7.40. The molecule has 0 bridgehead atoms. The lowest BCUT2D eigenvalue weighted by Crippen LogP contribution is -2.20. The van der Waals surface area contributed by atoms with Gasteiger partial charge in [-0.2, -0.15) is 0 Å². The van der Waals surface area contributed by atoms with Crippen molar-refractivity contribution in [2.24, 2.45) is 0 Å². The topological polar surface area (TPSA) is 28.7 Å². The van der Waals surface area contributed by atoms with E-state index < -0.39 is 0 Å². The highest BCUT2D eigenvalue weighted by molar-refractivity contribution is 5.16. The molecule has 18 heavy (non-hydrogen) atoms. The molecule has 2 nitrogen and oxygen atoms in total. The van der Waals surface area contributed by atoms with Crippen LogP contribution < -0.4 is 0 Å². The van der Waals surface area contributed by atoms with E-state index in [9.17, 15) is 0 Å². The minimum atomic E-state index is 0.164. The van der Waals surface area contributed by atoms with Gasteiger partial charge >= 0.3 is 0 Å². The Balaban J connectivity index is 2.78. The Morgan fingerprint density at radius 1 is 1.06 bits per heavy atom. The fraction of sp³-hybridized carbons (Fsp3) is 0.812. The van der Waals surface area contributed by atoms with Crippen LogP contribution in [0.5, 0.6) is 0 Å². The maximum atomic E-state index is 4.85. The molecular formula is C16H30N2. The molecule has 0 amide bonds. The highest BCUT2D eigenvalue weighted by atomic mass is 14.9. The Labute approximate surface area is 113 Å². The number of aromatic amines is 1. The lowest BCUT2D eigenvalue weighted by molar-refractivity contribution is 0.424. The van der Waals surface area contributed by atoms with E-state index in [0.717, 1.165) is 12.2 Å². The van der Waals surface area contributed by atoms with Crippen molar-refractivity contribution in [3.8, 4) is 0 Å². The number of aromatic nitrogens is 2. The molecule has 0 aromatic carbocycles. The monoisotopic (exact) mass is 250 g/mol. The Hall–Kier alpha value is -0.790. The second-order valence-corrected chi connectivity index (χ2v) is 6.71. The summed E-state index contributed by atoms with van der Waals surface area (Å²) >= 11 is 0. The van der Waals surface area contributed by atoms with Crippen LogP contribution >= 0.6 is 0 Å². The minimum absolute atomic E-state index is 0.164. The van der Waals surface area contributed by atoms with Crippen LogP contribution in [0, 0.1) is 0 Å². The number of hydrogen-bond acceptors (Lipinski definition) is 1. The quantitative estimate of drug-likeness (QED) is 0.681. The summed E-state index contributed by atoms with van der Waals surface area (Å²) in [5.74, 6) is 1.15. The molecule has 104 valence electrons. The van der Waals surface area contributed by atoms with Crippen molar-refractivity contribution in [1.29, 1.82) is 0 Å². The number of imidazole rings is 1. The van der Waals surface area contributed by atoms with Gasteiger partial charge < -0.3 is 4.98 Å². The van der Waals surface area contributed by atoms with Gasteiger partial charge in [-0.3, -0.25) is 0 Å². The van der Waals surface area contributed by atoms with Crippen molar-refractivity contribution in [2.45, 2.75) is 84.5 Å². The maximum absolute atomic E-state index is 4.85. The zero-order valence-electron chi connectivity index (χ0n) is 13.1. The van der Waals surface area contributed by atoms with Crippen LogP contribution in [0.1, 0.15) is 85.2 Å². The van der Waals surface area contributed by atoms with Crippen LogP contribution in [0.25, 0.3) is 0 Å². The Kier molecular flexibility index (Phi) is 5.01. The third kappa shape index (κ3) is 3.60. The van der Waals surface area contributed by atoms with Gasteiger partial charge in [-0.05, 0) is 12.8 Å². The zero-order valence-corrected chi connectivity index (χ0v) is 13.1. The number of H-pyrrole nitrogens is 1. The standard InChI is InChI=1S/C16H30N2/c1-7-9-10-11-16(5,6)14-17-12-13(18-14)15(3,4)8-2/h12H,7-11H2,1-6H3,(H,17,18). The molecule has 0 atom stereocenters. The summed E-state index contributed by atoms with van der Waals surface area (Å²) < 4.78 is 0. The van der Waals surface area contributed by atoms with Gasteiger partial charge in [0.05, 0.1) is 5.69 Å². The summed E-state index contributed by atoms with van der Waals surface area (Å²) in [5, 5.41) is 0. The first kappa shape index (κ1) is 15.3. The van der Waals surface area contributed by atoms with Crippen LogP contribution in [-0.2, 0) is 10.8 Å². The maximum Gasteiger partial charge on any atom is 0.112 e. The van der Waals surface area contributed by atoms with Gasteiger partial charge in [0.2, 0.25) is 0 Å². The normalized spacial score (nSPS) is 13.0. The molecule has 1 N–H and O–H groups in total. The molecular weight excluding hydrogens is 220 g/mol. The van der Waals surface area contributed by atoms with Crippen molar-refractivity contribution in [3.05, 3.63) is 17.7 Å². The average Bonchev–Trinajstić information content (AvgIpc) is 2.80. The third-order valence-electron chi connectivity index (χ3n) is 4.20. The molecule has 0 spiro atoms. The third-order valence-corrected chi connectivity index (χ3v) is 4.20. The first-order chi connectivity index (χ1) is 8.33. The van der Waals surface area contributed by atoms with Crippen molar-refractivity contribution in [3.63, 3.8) is 0 Å². The molecule has 0 unspecified atom stereocenters. The Morgan fingerprint density at radius 3 is 2.28 bits per heavy atom. The fourth-order valence-corrected chi connectivity index (χ4v) is 2.13. The van der Waals surface area contributed by atoms with Gasteiger partial charge in [0.25, 0.3) is 0 Å². The van der Waals surface area contributed by atoms with Crippen LogP contribution in [-0.4, -0.2) is 9.97 Å². The summed E-state index contributed by atoms with van der Waals surface area (Å²) in [6.45, 7) is 13.6. The van der Waals surface area contributed by atoms with Crippen molar-refractivity contribution < 1.29 is 0 Å². The van der Waals surface area contributed by atoms with Crippen LogP contribution in [0.15, 0.2) is 6.20 Å². The van der Waals surface area contributed by atoms with Gasteiger partial charge in [-0.25, -0.2) is 4.98 Å². The van der Waals surface area contributed by atoms with Crippen molar-refractivity contribution >= 4 is 0 Å². The van der Waals surface area contributed by atoms with Crippen molar-refractivity contribution in [1.82, 2.24) is 9.97 Å². The Bertz CT molecular complexity index is 361. The molecule has 2 heteroatoms. The summed E-state index contributed by atoms with van der Waals surface area (Å²) in [4.78, 5) is 8.25. The van der Waals surface area contributed by atoms with E-state index in [2.05, 4.69) is 52.7 Å². The number of hydrogen-bond donors (Lipinski definition) is 1. The lowest BCUT2D eigenvalue weighted by Gasteiger charge is -2.23. The number of nitrogens with zero attached hydrogens (tertiary/aromatic N) is 1. The summed E-state index contributed by atoms with van der Waals surface area (Å²) in [6.07, 6.45) is 8.31. The van der Waals surface area contributed by atoms with Gasteiger partial charge in [0, 0.05) is 17.0 Å². The summed E-state index contributed by atoms with van der Waals surface area (Å²) in [7, 11) is 0. The van der Waals surface area contributed by atoms with Gasteiger partial charge in [0.1, 0.15) is 5.82 Å². The number of nitrogens with one attached hydrogen (secondary N) is 1. The molecule has 0 saturated carbocycles. The zero-order chi connectivity index (χ0) is 13.8. The Morgan fingerprint density at radius 2 is 1.72 bits per heavy atom. The summed E-state index contributed by atoms with van der Waals surface area (Å²) in [5.41, 5.74) is 1.54. The largest absolute Gasteiger partial charge is 0.348 e. The van der Waals surface area contributed by atoms with Crippen LogP contribution in [0.4, 0.5) is 0 Å². The molecule has 0 saturated heterocycles. The van der Waals surface area contributed by atoms with E-state index in [1.807, 2.05) is 0 Å². The molecule has 1 aromatic heterocycles. The van der Waals surface area contributed by atoms with Gasteiger partial charge in [-0.1, -0.05) is 60.8 Å². The second kappa shape index (κ2) is 5.90. The van der Waals surface area contributed by atoms with E-state index >= 15 is 0 Å².